The SMILES string of the molecule is c1ccc(-c2ccc3c4c(cccc24)-c2cc(-c4ccc5ccc6c(-c7ccccc7)ccc7ccc4c5c76)ccc2O3)cc1. The molecule has 1 heterocycles. The first kappa shape index (κ1) is 24.5. The molecule has 0 amide bonds. The van der Waals surface area contributed by atoms with Gasteiger partial charge in [-0.15, -0.1) is 0 Å². The average Bonchev–Trinajstić information content (AvgIpc) is 3.11. The first-order valence-corrected chi connectivity index (χ1v) is 15.5. The van der Waals surface area contributed by atoms with Crippen molar-refractivity contribution in [2.45, 2.75) is 0 Å². The van der Waals surface area contributed by atoms with E-state index in [9.17, 15) is 0 Å². The fraction of sp³-hybridized carbons (Fsp3) is 0. The van der Waals surface area contributed by atoms with Gasteiger partial charge in [0, 0.05) is 10.9 Å². The van der Waals surface area contributed by atoms with Crippen molar-refractivity contribution >= 4 is 43.1 Å². The van der Waals surface area contributed by atoms with Crippen LogP contribution in [0.1, 0.15) is 0 Å². The summed E-state index contributed by atoms with van der Waals surface area (Å²) in [5, 5.41) is 10.2. The van der Waals surface area contributed by atoms with Crippen molar-refractivity contribution in [1.82, 2.24) is 0 Å². The number of hydrogen-bond acceptors (Lipinski definition) is 1. The van der Waals surface area contributed by atoms with Crippen LogP contribution in [0, 0.1) is 0 Å². The van der Waals surface area contributed by atoms with Crippen molar-refractivity contribution in [2.24, 2.45) is 0 Å². The third kappa shape index (κ3) is 3.56. The smallest absolute Gasteiger partial charge is 0.135 e. The molecule has 1 nitrogen and oxygen atoms in total. The van der Waals surface area contributed by atoms with Crippen molar-refractivity contribution in [1.29, 1.82) is 0 Å². The maximum absolute atomic E-state index is 6.57. The molecular weight excluding hydrogens is 544 g/mol. The Morgan fingerprint density at radius 3 is 1.47 bits per heavy atom. The lowest BCUT2D eigenvalue weighted by atomic mass is 9.86. The summed E-state index contributed by atoms with van der Waals surface area (Å²) in [5.41, 5.74) is 9.73. The summed E-state index contributed by atoms with van der Waals surface area (Å²) in [6.07, 6.45) is 0. The molecule has 0 saturated heterocycles. The van der Waals surface area contributed by atoms with Gasteiger partial charge < -0.3 is 4.74 Å². The van der Waals surface area contributed by atoms with Crippen LogP contribution in [0.5, 0.6) is 11.5 Å². The fourth-order valence-electron chi connectivity index (χ4n) is 7.59. The Hall–Kier alpha value is -5.92. The molecule has 0 bridgehead atoms. The number of benzene rings is 9. The van der Waals surface area contributed by atoms with E-state index < -0.39 is 0 Å². The van der Waals surface area contributed by atoms with Crippen molar-refractivity contribution in [2.75, 3.05) is 0 Å². The van der Waals surface area contributed by atoms with E-state index in [2.05, 4.69) is 158 Å². The number of rotatable bonds is 3. The predicted octanol–water partition coefficient (Wildman–Crippen LogP) is 12.5. The molecule has 0 radical (unpaired) electrons. The zero-order valence-electron chi connectivity index (χ0n) is 24.4. The maximum atomic E-state index is 6.57. The zero-order chi connectivity index (χ0) is 29.5. The van der Waals surface area contributed by atoms with Crippen LogP contribution in [0.25, 0.3) is 87.6 Å². The molecule has 0 unspecified atom stereocenters. The third-order valence-corrected chi connectivity index (χ3v) is 9.64. The van der Waals surface area contributed by atoms with Crippen LogP contribution >= 0.6 is 0 Å². The highest BCUT2D eigenvalue weighted by atomic mass is 16.5. The highest BCUT2D eigenvalue weighted by Crippen LogP contribution is 2.50. The zero-order valence-corrected chi connectivity index (χ0v) is 24.4. The van der Waals surface area contributed by atoms with E-state index in [0.717, 1.165) is 17.1 Å². The summed E-state index contributed by atoms with van der Waals surface area (Å²) >= 11 is 0. The van der Waals surface area contributed by atoms with Gasteiger partial charge in [-0.2, -0.15) is 0 Å². The van der Waals surface area contributed by atoms with Crippen molar-refractivity contribution in [3.05, 3.63) is 158 Å². The summed E-state index contributed by atoms with van der Waals surface area (Å²) in [6.45, 7) is 0. The molecule has 0 spiro atoms. The van der Waals surface area contributed by atoms with Crippen molar-refractivity contribution < 1.29 is 4.74 Å². The first-order valence-electron chi connectivity index (χ1n) is 15.5. The fourth-order valence-corrected chi connectivity index (χ4v) is 7.59. The number of ether oxygens (including phenoxy) is 1. The topological polar surface area (TPSA) is 9.23 Å². The van der Waals surface area contributed by atoms with E-state index in [-0.39, 0.29) is 0 Å². The molecule has 208 valence electrons. The maximum Gasteiger partial charge on any atom is 0.135 e. The van der Waals surface area contributed by atoms with Gasteiger partial charge in [-0.05, 0) is 94.8 Å². The highest BCUT2D eigenvalue weighted by Gasteiger charge is 2.23. The molecule has 10 rings (SSSR count). The Morgan fingerprint density at radius 2 is 0.822 bits per heavy atom. The van der Waals surface area contributed by atoms with Gasteiger partial charge in [-0.3, -0.25) is 0 Å². The predicted molar refractivity (Wildman–Crippen MR) is 189 cm³/mol. The summed E-state index contributed by atoms with van der Waals surface area (Å²) in [6, 6.07) is 57.2. The second-order valence-electron chi connectivity index (χ2n) is 12.0. The summed E-state index contributed by atoms with van der Waals surface area (Å²) in [5.74, 6) is 1.81. The second kappa shape index (κ2) is 9.29. The van der Waals surface area contributed by atoms with Crippen LogP contribution in [0.4, 0.5) is 0 Å². The molecule has 0 saturated carbocycles. The monoisotopic (exact) mass is 570 g/mol. The van der Waals surface area contributed by atoms with Crippen LogP contribution in [-0.4, -0.2) is 0 Å². The van der Waals surface area contributed by atoms with Gasteiger partial charge in [0.25, 0.3) is 0 Å². The second-order valence-corrected chi connectivity index (χ2v) is 12.0. The van der Waals surface area contributed by atoms with E-state index in [1.165, 1.54) is 82.0 Å². The minimum Gasteiger partial charge on any atom is -0.456 e. The van der Waals surface area contributed by atoms with Gasteiger partial charge in [0.15, 0.2) is 0 Å². The molecule has 0 N–H and O–H groups in total. The van der Waals surface area contributed by atoms with E-state index >= 15 is 0 Å². The molecule has 9 aromatic carbocycles. The lowest BCUT2D eigenvalue weighted by molar-refractivity contribution is 0.487. The molecule has 0 aromatic heterocycles. The Bertz CT molecular complexity index is 2600. The Morgan fingerprint density at radius 1 is 0.289 bits per heavy atom. The third-order valence-electron chi connectivity index (χ3n) is 9.64. The van der Waals surface area contributed by atoms with Crippen molar-refractivity contribution in [3.8, 4) is 56.0 Å². The first-order chi connectivity index (χ1) is 22.3. The normalized spacial score (nSPS) is 12.2. The van der Waals surface area contributed by atoms with Crippen LogP contribution in [0.15, 0.2) is 158 Å². The van der Waals surface area contributed by atoms with Gasteiger partial charge in [0.2, 0.25) is 0 Å². The lowest BCUT2D eigenvalue weighted by Crippen LogP contribution is -1.98. The molecule has 0 aliphatic carbocycles. The van der Waals surface area contributed by atoms with E-state index in [1.54, 1.807) is 0 Å². The van der Waals surface area contributed by atoms with Gasteiger partial charge >= 0.3 is 0 Å². The van der Waals surface area contributed by atoms with Gasteiger partial charge in [0.1, 0.15) is 11.5 Å². The Kier molecular flexibility index (Phi) is 5.06. The number of fused-ring (bicyclic) bond motifs is 2. The van der Waals surface area contributed by atoms with Crippen LogP contribution in [0.2, 0.25) is 0 Å². The van der Waals surface area contributed by atoms with E-state index in [0.29, 0.717) is 0 Å². The largest absolute Gasteiger partial charge is 0.456 e. The molecular formula is C44H26O. The summed E-state index contributed by atoms with van der Waals surface area (Å²) < 4.78 is 6.57. The molecule has 0 atom stereocenters. The lowest BCUT2D eigenvalue weighted by Gasteiger charge is -2.23. The van der Waals surface area contributed by atoms with Gasteiger partial charge in [-0.1, -0.05) is 140 Å². The molecule has 0 fully saturated rings. The molecule has 1 heteroatoms. The summed E-state index contributed by atoms with van der Waals surface area (Å²) in [4.78, 5) is 0. The molecule has 1 aliphatic rings. The van der Waals surface area contributed by atoms with E-state index in [1.807, 2.05) is 0 Å². The van der Waals surface area contributed by atoms with Crippen LogP contribution in [0.3, 0.4) is 0 Å². The van der Waals surface area contributed by atoms with Crippen LogP contribution < -0.4 is 4.74 Å². The van der Waals surface area contributed by atoms with Crippen molar-refractivity contribution in [3.63, 3.8) is 0 Å². The molecule has 45 heavy (non-hydrogen) atoms. The Labute approximate surface area is 260 Å². The summed E-state index contributed by atoms with van der Waals surface area (Å²) in [7, 11) is 0. The standard InChI is InChI=1S/C44H26O/c1-3-8-27(9-4-1)32-19-14-29-17-22-38-34(20-15-30-16-21-37(32)42(29)43(30)38)31-18-24-40-39(26-31)36-13-7-12-35-33(28-10-5-2-6-11-28)23-25-41(45-40)44(35)36/h1-26H. The minimum absolute atomic E-state index is 0.899. The highest BCUT2D eigenvalue weighted by molar-refractivity contribution is 6.27. The average molecular weight is 571 g/mol. The molecule has 1 aliphatic heterocycles. The molecule has 9 aromatic rings. The van der Waals surface area contributed by atoms with Gasteiger partial charge in [0.05, 0.1) is 0 Å². The van der Waals surface area contributed by atoms with Crippen LogP contribution in [-0.2, 0) is 0 Å². The Balaban J connectivity index is 1.19. The number of hydrogen-bond donors (Lipinski definition) is 0. The minimum atomic E-state index is 0.899. The quantitative estimate of drug-likeness (QED) is 0.192. The van der Waals surface area contributed by atoms with E-state index in [4.69, 9.17) is 4.74 Å². The van der Waals surface area contributed by atoms with Gasteiger partial charge in [-0.25, -0.2) is 0 Å².